The monoisotopic (exact) mass is 394 g/mol. The van der Waals surface area contributed by atoms with Crippen LogP contribution in [0.15, 0.2) is 59.5 Å². The Hall–Kier alpha value is -2.86. The van der Waals surface area contributed by atoms with Gasteiger partial charge in [0.25, 0.3) is 11.8 Å². The number of nitrogens with one attached hydrogen (secondary N) is 1. The van der Waals surface area contributed by atoms with Crippen LogP contribution in [0.3, 0.4) is 0 Å². The number of benzene rings is 2. The molecule has 0 bridgehead atoms. The predicted molar refractivity (Wildman–Crippen MR) is 112 cm³/mol. The van der Waals surface area contributed by atoms with Crippen molar-refractivity contribution in [3.63, 3.8) is 0 Å². The Kier molecular flexibility index (Phi) is 5.99. The Labute approximate surface area is 168 Å². The fourth-order valence-electron chi connectivity index (χ4n) is 3.04. The highest BCUT2D eigenvalue weighted by atomic mass is 32.2. The zero-order valence-electron chi connectivity index (χ0n) is 16.1. The van der Waals surface area contributed by atoms with Gasteiger partial charge in [0.05, 0.1) is 10.5 Å². The first-order valence-corrected chi connectivity index (χ1v) is 10.0. The van der Waals surface area contributed by atoms with Crippen LogP contribution in [0.1, 0.15) is 31.9 Å². The topological polar surface area (TPSA) is 66.5 Å². The van der Waals surface area contributed by atoms with Crippen LogP contribution < -0.4 is 5.32 Å². The Morgan fingerprint density at radius 1 is 1.00 bits per heavy atom. The lowest BCUT2D eigenvalue weighted by molar-refractivity contribution is -0.138. The van der Waals surface area contributed by atoms with Gasteiger partial charge >= 0.3 is 0 Å². The number of hydrogen-bond donors (Lipinski definition) is 1. The molecule has 0 saturated heterocycles. The van der Waals surface area contributed by atoms with E-state index in [1.807, 2.05) is 44.2 Å². The minimum absolute atomic E-state index is 0.163. The number of nitrogens with zero attached hydrogens (tertiary/aromatic N) is 1. The number of rotatable bonds is 6. The summed E-state index contributed by atoms with van der Waals surface area (Å²) in [7, 11) is 0. The van der Waals surface area contributed by atoms with E-state index in [2.05, 4.69) is 5.32 Å². The Bertz CT molecular complexity index is 934. The number of thioether (sulfide) groups is 1. The SMILES string of the molecule is CC(=O)Nc1ccc(C2=C(SCc3ccccc3)C(=O)N(C(C)C)C2=O)cc1. The molecule has 28 heavy (non-hydrogen) atoms. The van der Waals surface area contributed by atoms with Gasteiger partial charge in [0.15, 0.2) is 0 Å². The van der Waals surface area contributed by atoms with Crippen LogP contribution in [0, 0.1) is 0 Å². The molecule has 6 heteroatoms. The molecular weight excluding hydrogens is 372 g/mol. The van der Waals surface area contributed by atoms with Gasteiger partial charge in [-0.25, -0.2) is 0 Å². The summed E-state index contributed by atoms with van der Waals surface area (Å²) in [4.78, 5) is 38.9. The number of imide groups is 1. The third-order valence-electron chi connectivity index (χ3n) is 4.31. The van der Waals surface area contributed by atoms with Gasteiger partial charge in [-0.3, -0.25) is 19.3 Å². The van der Waals surface area contributed by atoms with Gasteiger partial charge in [-0.1, -0.05) is 42.5 Å². The van der Waals surface area contributed by atoms with E-state index in [1.54, 1.807) is 24.3 Å². The van der Waals surface area contributed by atoms with Crippen LogP contribution in [0.25, 0.3) is 5.57 Å². The van der Waals surface area contributed by atoms with Crippen LogP contribution >= 0.6 is 11.8 Å². The van der Waals surface area contributed by atoms with Crippen molar-refractivity contribution in [1.82, 2.24) is 4.90 Å². The standard InChI is InChI=1S/C22H22N2O3S/c1-14(2)24-21(26)19(17-9-11-18(12-10-17)23-15(3)25)20(22(24)27)28-13-16-7-5-4-6-8-16/h4-12,14H,13H2,1-3H3,(H,23,25). The molecule has 0 aliphatic carbocycles. The smallest absolute Gasteiger partial charge is 0.268 e. The van der Waals surface area contributed by atoms with Crippen molar-refractivity contribution in [3.8, 4) is 0 Å². The minimum atomic E-state index is -0.275. The molecule has 1 aliphatic rings. The number of carbonyl (C=O) groups excluding carboxylic acids is 3. The molecule has 2 aromatic rings. The van der Waals surface area contributed by atoms with Crippen molar-refractivity contribution < 1.29 is 14.4 Å². The Morgan fingerprint density at radius 3 is 2.21 bits per heavy atom. The largest absolute Gasteiger partial charge is 0.326 e. The van der Waals surface area contributed by atoms with Gasteiger partial charge < -0.3 is 5.32 Å². The average molecular weight is 394 g/mol. The molecule has 3 rings (SSSR count). The summed E-state index contributed by atoms with van der Waals surface area (Å²) < 4.78 is 0. The molecular formula is C22H22N2O3S. The van der Waals surface area contributed by atoms with Crippen molar-refractivity contribution >= 4 is 40.7 Å². The molecule has 0 fully saturated rings. The van der Waals surface area contributed by atoms with E-state index in [1.165, 1.54) is 23.6 Å². The quantitative estimate of drug-likeness (QED) is 0.750. The second kappa shape index (κ2) is 8.44. The van der Waals surface area contributed by atoms with Crippen LogP contribution in [0.5, 0.6) is 0 Å². The molecule has 2 aromatic carbocycles. The fourth-order valence-corrected chi connectivity index (χ4v) is 4.11. The number of amides is 3. The number of carbonyl (C=O) groups is 3. The van der Waals surface area contributed by atoms with Crippen LogP contribution in [-0.4, -0.2) is 28.7 Å². The molecule has 1 heterocycles. The van der Waals surface area contributed by atoms with E-state index in [-0.39, 0.29) is 23.8 Å². The molecule has 1 N–H and O–H groups in total. The van der Waals surface area contributed by atoms with Crippen molar-refractivity contribution in [2.45, 2.75) is 32.6 Å². The molecule has 1 aliphatic heterocycles. The zero-order valence-corrected chi connectivity index (χ0v) is 16.9. The molecule has 0 radical (unpaired) electrons. The fraction of sp³-hybridized carbons (Fsp3) is 0.227. The Balaban J connectivity index is 1.95. The first kappa shape index (κ1) is 19.9. The van der Waals surface area contributed by atoms with Crippen LogP contribution in [0.2, 0.25) is 0 Å². The third-order valence-corrected chi connectivity index (χ3v) is 5.45. The first-order valence-electron chi connectivity index (χ1n) is 9.05. The van der Waals surface area contributed by atoms with Crippen molar-refractivity contribution in [1.29, 1.82) is 0 Å². The lowest BCUT2D eigenvalue weighted by Crippen LogP contribution is -2.37. The van der Waals surface area contributed by atoms with Crippen molar-refractivity contribution in [3.05, 3.63) is 70.6 Å². The summed E-state index contributed by atoms with van der Waals surface area (Å²) in [6, 6.07) is 16.6. The van der Waals surface area contributed by atoms with Gasteiger partial charge in [-0.15, -0.1) is 11.8 Å². The zero-order chi connectivity index (χ0) is 20.3. The first-order chi connectivity index (χ1) is 13.4. The molecule has 0 aromatic heterocycles. The van der Waals surface area contributed by atoms with E-state index >= 15 is 0 Å². The summed E-state index contributed by atoms with van der Waals surface area (Å²) in [5, 5.41) is 2.70. The third kappa shape index (κ3) is 4.17. The highest BCUT2D eigenvalue weighted by Crippen LogP contribution is 2.38. The number of hydrogen-bond acceptors (Lipinski definition) is 4. The lowest BCUT2D eigenvalue weighted by atomic mass is 10.1. The molecule has 3 amide bonds. The highest BCUT2D eigenvalue weighted by Gasteiger charge is 2.40. The molecule has 144 valence electrons. The summed E-state index contributed by atoms with van der Waals surface area (Å²) in [6.07, 6.45) is 0. The van der Waals surface area contributed by atoms with Crippen molar-refractivity contribution in [2.75, 3.05) is 5.32 Å². The molecule has 0 spiro atoms. The van der Waals surface area contributed by atoms with Crippen LogP contribution in [-0.2, 0) is 20.1 Å². The highest BCUT2D eigenvalue weighted by molar-refractivity contribution is 8.03. The minimum Gasteiger partial charge on any atom is -0.326 e. The average Bonchev–Trinajstić information content (AvgIpc) is 2.91. The number of anilines is 1. The lowest BCUT2D eigenvalue weighted by Gasteiger charge is -2.19. The van der Waals surface area contributed by atoms with E-state index in [0.29, 0.717) is 27.5 Å². The maximum absolute atomic E-state index is 13.0. The molecule has 0 unspecified atom stereocenters. The second-order valence-corrected chi connectivity index (χ2v) is 7.80. The van der Waals surface area contributed by atoms with E-state index in [4.69, 9.17) is 0 Å². The van der Waals surface area contributed by atoms with Gasteiger partial charge in [0.1, 0.15) is 0 Å². The summed E-state index contributed by atoms with van der Waals surface area (Å²) >= 11 is 1.39. The molecule has 0 atom stereocenters. The maximum Gasteiger partial charge on any atom is 0.268 e. The normalized spacial score (nSPS) is 14.2. The Morgan fingerprint density at radius 2 is 1.64 bits per heavy atom. The van der Waals surface area contributed by atoms with Gasteiger partial charge in [0, 0.05) is 24.4 Å². The summed E-state index contributed by atoms with van der Waals surface area (Å²) in [5.74, 6) is -0.0805. The van der Waals surface area contributed by atoms with Gasteiger partial charge in [-0.05, 0) is 37.1 Å². The van der Waals surface area contributed by atoms with Crippen molar-refractivity contribution in [2.24, 2.45) is 0 Å². The van der Waals surface area contributed by atoms with E-state index in [0.717, 1.165) is 5.56 Å². The molecule has 0 saturated carbocycles. The van der Waals surface area contributed by atoms with Gasteiger partial charge in [-0.2, -0.15) is 0 Å². The summed E-state index contributed by atoms with van der Waals surface area (Å²) in [6.45, 7) is 5.10. The second-order valence-electron chi connectivity index (χ2n) is 6.81. The molecule has 5 nitrogen and oxygen atoms in total. The van der Waals surface area contributed by atoms with E-state index < -0.39 is 0 Å². The van der Waals surface area contributed by atoms with Gasteiger partial charge in [0.2, 0.25) is 5.91 Å². The predicted octanol–water partition coefficient (Wildman–Crippen LogP) is 4.07. The maximum atomic E-state index is 13.0. The van der Waals surface area contributed by atoms with E-state index in [9.17, 15) is 14.4 Å². The summed E-state index contributed by atoms with van der Waals surface area (Å²) in [5.41, 5.74) is 2.83. The van der Waals surface area contributed by atoms with Crippen LogP contribution in [0.4, 0.5) is 5.69 Å².